The van der Waals surface area contributed by atoms with Crippen molar-refractivity contribution in [2.24, 2.45) is 4.99 Å². The van der Waals surface area contributed by atoms with Crippen molar-refractivity contribution < 1.29 is 4.74 Å². The summed E-state index contributed by atoms with van der Waals surface area (Å²) in [6.07, 6.45) is 4.84. The molecule has 24 heavy (non-hydrogen) atoms. The third-order valence-corrected chi connectivity index (χ3v) is 4.96. The standard InChI is InChI=1S/C18H24N4OS/c1-13-12-22-17(24-13)6-9-21-18(19-2)20-8-5-14-3-4-16-15(11-14)7-10-23-16/h3-4,11-12H,5-10H2,1-2H3,(H2,19,20,21). The minimum atomic E-state index is 0.812. The highest BCUT2D eigenvalue weighted by molar-refractivity contribution is 7.11. The van der Waals surface area contributed by atoms with Crippen molar-refractivity contribution >= 4 is 17.3 Å². The van der Waals surface area contributed by atoms with Crippen LogP contribution in [-0.2, 0) is 19.3 Å². The second-order valence-corrected chi connectivity index (χ2v) is 7.15. The first-order chi connectivity index (χ1) is 11.7. The number of nitrogens with one attached hydrogen (secondary N) is 2. The lowest BCUT2D eigenvalue weighted by atomic mass is 10.1. The maximum Gasteiger partial charge on any atom is 0.191 e. The molecule has 2 heterocycles. The van der Waals surface area contributed by atoms with E-state index in [0.717, 1.165) is 55.7 Å². The molecule has 0 saturated carbocycles. The van der Waals surface area contributed by atoms with Gasteiger partial charge in [0.05, 0.1) is 11.6 Å². The molecule has 0 atom stereocenters. The Bertz CT molecular complexity index is 711. The topological polar surface area (TPSA) is 58.5 Å². The normalized spacial score (nSPS) is 13.5. The highest BCUT2D eigenvalue weighted by atomic mass is 32.1. The number of ether oxygens (including phenoxy) is 1. The summed E-state index contributed by atoms with van der Waals surface area (Å²) in [5, 5.41) is 7.87. The van der Waals surface area contributed by atoms with Gasteiger partial charge in [-0.3, -0.25) is 4.99 Å². The molecule has 6 heteroatoms. The number of fused-ring (bicyclic) bond motifs is 1. The molecule has 128 valence electrons. The zero-order chi connectivity index (χ0) is 16.8. The molecule has 1 aromatic heterocycles. The molecule has 0 saturated heterocycles. The molecule has 0 unspecified atom stereocenters. The molecule has 2 aromatic rings. The van der Waals surface area contributed by atoms with Gasteiger partial charge in [-0.05, 0) is 30.5 Å². The van der Waals surface area contributed by atoms with E-state index >= 15 is 0 Å². The van der Waals surface area contributed by atoms with Crippen molar-refractivity contribution in [2.45, 2.75) is 26.2 Å². The number of rotatable bonds is 6. The van der Waals surface area contributed by atoms with Crippen LogP contribution in [0.1, 0.15) is 21.0 Å². The lowest BCUT2D eigenvalue weighted by Gasteiger charge is -2.11. The van der Waals surface area contributed by atoms with Gasteiger partial charge in [-0.25, -0.2) is 4.98 Å². The van der Waals surface area contributed by atoms with Gasteiger partial charge in [0.1, 0.15) is 5.75 Å². The molecule has 0 bridgehead atoms. The first-order valence-electron chi connectivity index (χ1n) is 8.35. The second-order valence-electron chi connectivity index (χ2n) is 5.83. The Morgan fingerprint density at radius 1 is 1.29 bits per heavy atom. The van der Waals surface area contributed by atoms with Gasteiger partial charge < -0.3 is 15.4 Å². The third kappa shape index (κ3) is 4.47. The first-order valence-corrected chi connectivity index (χ1v) is 9.16. The van der Waals surface area contributed by atoms with Crippen molar-refractivity contribution in [3.63, 3.8) is 0 Å². The lowest BCUT2D eigenvalue weighted by Crippen LogP contribution is -2.39. The molecule has 5 nitrogen and oxygen atoms in total. The molecular formula is C18H24N4OS. The van der Waals surface area contributed by atoms with Crippen molar-refractivity contribution in [2.75, 3.05) is 26.7 Å². The summed E-state index contributed by atoms with van der Waals surface area (Å²) in [4.78, 5) is 9.90. The fourth-order valence-corrected chi connectivity index (χ4v) is 3.53. The Kier molecular flexibility index (Phi) is 5.69. The monoisotopic (exact) mass is 344 g/mol. The maximum atomic E-state index is 5.55. The van der Waals surface area contributed by atoms with Crippen LogP contribution in [0, 0.1) is 6.92 Å². The van der Waals surface area contributed by atoms with E-state index in [2.05, 4.69) is 45.7 Å². The van der Waals surface area contributed by atoms with Gasteiger partial charge in [0, 0.05) is 44.1 Å². The first kappa shape index (κ1) is 16.8. The fraction of sp³-hybridized carbons (Fsp3) is 0.444. The van der Waals surface area contributed by atoms with E-state index in [0.29, 0.717) is 0 Å². The number of aromatic nitrogens is 1. The highest BCUT2D eigenvalue weighted by Crippen LogP contribution is 2.25. The van der Waals surface area contributed by atoms with Crippen LogP contribution < -0.4 is 15.4 Å². The van der Waals surface area contributed by atoms with Crippen LogP contribution >= 0.6 is 11.3 Å². The van der Waals surface area contributed by atoms with E-state index < -0.39 is 0 Å². The quantitative estimate of drug-likeness (QED) is 0.624. The van der Waals surface area contributed by atoms with Gasteiger partial charge in [0.2, 0.25) is 0 Å². The van der Waals surface area contributed by atoms with Crippen molar-refractivity contribution in [3.05, 3.63) is 45.4 Å². The summed E-state index contributed by atoms with van der Waals surface area (Å²) >= 11 is 1.75. The Balaban J connectivity index is 1.39. The van der Waals surface area contributed by atoms with Crippen molar-refractivity contribution in [3.8, 4) is 5.75 Å². The predicted octanol–water partition coefficient (Wildman–Crippen LogP) is 2.34. The van der Waals surface area contributed by atoms with Gasteiger partial charge >= 0.3 is 0 Å². The zero-order valence-corrected chi connectivity index (χ0v) is 15.1. The molecule has 0 amide bonds. The van der Waals surface area contributed by atoms with E-state index in [1.807, 2.05) is 6.20 Å². The number of aryl methyl sites for hydroxylation is 1. The fourth-order valence-electron chi connectivity index (χ4n) is 2.75. The van der Waals surface area contributed by atoms with Crippen LogP contribution in [0.25, 0.3) is 0 Å². The summed E-state index contributed by atoms with van der Waals surface area (Å²) in [6, 6.07) is 6.48. The molecular weight excluding hydrogens is 320 g/mol. The Morgan fingerprint density at radius 3 is 2.88 bits per heavy atom. The number of aliphatic imine (C=N–C) groups is 1. The van der Waals surface area contributed by atoms with Gasteiger partial charge in [0.15, 0.2) is 5.96 Å². The van der Waals surface area contributed by atoms with E-state index in [-0.39, 0.29) is 0 Å². The van der Waals surface area contributed by atoms with Crippen LogP contribution in [0.4, 0.5) is 0 Å². The molecule has 0 aliphatic carbocycles. The molecule has 2 N–H and O–H groups in total. The van der Waals surface area contributed by atoms with E-state index in [4.69, 9.17) is 4.74 Å². The van der Waals surface area contributed by atoms with Crippen LogP contribution in [-0.4, -0.2) is 37.7 Å². The molecule has 1 aliphatic rings. The molecule has 0 spiro atoms. The summed E-state index contributed by atoms with van der Waals surface area (Å²) in [5.74, 6) is 1.88. The number of hydrogen-bond acceptors (Lipinski definition) is 4. The minimum absolute atomic E-state index is 0.812. The molecule has 0 radical (unpaired) electrons. The number of nitrogens with zero attached hydrogens (tertiary/aromatic N) is 2. The Labute approximate surface area is 147 Å². The number of hydrogen-bond donors (Lipinski definition) is 2. The van der Waals surface area contributed by atoms with E-state index in [9.17, 15) is 0 Å². The molecule has 3 rings (SSSR count). The minimum Gasteiger partial charge on any atom is -0.493 e. The van der Waals surface area contributed by atoms with E-state index in [1.165, 1.54) is 16.0 Å². The molecule has 0 fully saturated rings. The Morgan fingerprint density at radius 2 is 2.12 bits per heavy atom. The average Bonchev–Trinajstić information content (AvgIpc) is 3.21. The van der Waals surface area contributed by atoms with E-state index in [1.54, 1.807) is 18.4 Å². The average molecular weight is 344 g/mol. The van der Waals surface area contributed by atoms with Crippen molar-refractivity contribution in [1.29, 1.82) is 0 Å². The molecule has 1 aliphatic heterocycles. The number of benzene rings is 1. The van der Waals surface area contributed by atoms with Gasteiger partial charge in [-0.2, -0.15) is 0 Å². The zero-order valence-electron chi connectivity index (χ0n) is 14.3. The SMILES string of the molecule is CN=C(NCCc1ccc2c(c1)CCO2)NCCc1ncc(C)s1. The summed E-state index contributed by atoms with van der Waals surface area (Å²) in [7, 11) is 1.80. The summed E-state index contributed by atoms with van der Waals surface area (Å²) in [6.45, 7) is 4.59. The highest BCUT2D eigenvalue weighted by Gasteiger charge is 2.11. The largest absolute Gasteiger partial charge is 0.493 e. The maximum absolute atomic E-state index is 5.55. The van der Waals surface area contributed by atoms with Crippen LogP contribution in [0.3, 0.4) is 0 Å². The molecule has 1 aromatic carbocycles. The van der Waals surface area contributed by atoms with Crippen LogP contribution in [0.2, 0.25) is 0 Å². The summed E-state index contributed by atoms with van der Waals surface area (Å²) in [5.41, 5.74) is 2.66. The van der Waals surface area contributed by atoms with Crippen molar-refractivity contribution in [1.82, 2.24) is 15.6 Å². The van der Waals surface area contributed by atoms with Crippen LogP contribution in [0.5, 0.6) is 5.75 Å². The second kappa shape index (κ2) is 8.15. The van der Waals surface area contributed by atoms with Gasteiger partial charge in [0.25, 0.3) is 0 Å². The van der Waals surface area contributed by atoms with Crippen LogP contribution in [0.15, 0.2) is 29.4 Å². The van der Waals surface area contributed by atoms with Gasteiger partial charge in [-0.1, -0.05) is 12.1 Å². The number of thiazole rings is 1. The number of guanidine groups is 1. The Hall–Kier alpha value is -2.08. The third-order valence-electron chi connectivity index (χ3n) is 3.98. The predicted molar refractivity (Wildman–Crippen MR) is 99.3 cm³/mol. The smallest absolute Gasteiger partial charge is 0.191 e. The summed E-state index contributed by atoms with van der Waals surface area (Å²) < 4.78 is 5.55. The van der Waals surface area contributed by atoms with Gasteiger partial charge in [-0.15, -0.1) is 11.3 Å². The lowest BCUT2D eigenvalue weighted by molar-refractivity contribution is 0.357.